The Labute approximate surface area is 140 Å². The van der Waals surface area contributed by atoms with Crippen LogP contribution < -0.4 is 9.62 Å². The van der Waals surface area contributed by atoms with E-state index in [4.69, 9.17) is 0 Å². The van der Waals surface area contributed by atoms with E-state index in [-0.39, 0.29) is 15.5 Å². The smallest absolute Gasteiger partial charge is 0.337 e. The lowest BCUT2D eigenvalue weighted by molar-refractivity contribution is 0.0697. The van der Waals surface area contributed by atoms with Gasteiger partial charge in [0.25, 0.3) is 10.0 Å². The maximum Gasteiger partial charge on any atom is 0.337 e. The van der Waals surface area contributed by atoms with Gasteiger partial charge in [0.1, 0.15) is 4.21 Å². The molecule has 0 radical (unpaired) electrons. The lowest BCUT2D eigenvalue weighted by Gasteiger charge is -2.16. The first-order valence-corrected chi connectivity index (χ1v) is 9.13. The Kier molecular flexibility index (Phi) is 4.78. The Morgan fingerprint density at radius 2 is 1.95 bits per heavy atom. The number of nitrogens with one attached hydrogen (secondary N) is 1. The van der Waals surface area contributed by atoms with Crippen molar-refractivity contribution >= 4 is 54.6 Å². The number of benzene rings is 1. The molecule has 0 saturated carbocycles. The van der Waals surface area contributed by atoms with Crippen molar-refractivity contribution < 1.29 is 18.3 Å². The number of carboxylic acid groups (broad SMARTS) is 1. The summed E-state index contributed by atoms with van der Waals surface area (Å²) in [4.78, 5) is 13.0. The zero-order chi connectivity index (χ0) is 16.5. The average molecular weight is 405 g/mol. The molecule has 0 aliphatic heterocycles. The second kappa shape index (κ2) is 6.27. The second-order valence-electron chi connectivity index (χ2n) is 4.60. The largest absolute Gasteiger partial charge is 0.478 e. The zero-order valence-electron chi connectivity index (χ0n) is 11.7. The van der Waals surface area contributed by atoms with Crippen LogP contribution in [-0.2, 0) is 10.0 Å². The van der Waals surface area contributed by atoms with Gasteiger partial charge in [-0.15, -0.1) is 11.3 Å². The molecule has 118 valence electrons. The number of hydrogen-bond acceptors (Lipinski definition) is 5. The monoisotopic (exact) mass is 404 g/mol. The fourth-order valence-electron chi connectivity index (χ4n) is 1.81. The van der Waals surface area contributed by atoms with Gasteiger partial charge in [0.2, 0.25) is 0 Å². The van der Waals surface area contributed by atoms with Crippen LogP contribution >= 0.6 is 27.3 Å². The van der Waals surface area contributed by atoms with E-state index in [2.05, 4.69) is 20.7 Å². The van der Waals surface area contributed by atoms with Gasteiger partial charge in [0.15, 0.2) is 0 Å². The van der Waals surface area contributed by atoms with Gasteiger partial charge in [-0.1, -0.05) is 0 Å². The molecule has 2 N–H and O–H groups in total. The first-order chi connectivity index (χ1) is 10.2. The number of nitrogens with zero attached hydrogens (tertiary/aromatic N) is 1. The maximum atomic E-state index is 12.2. The highest BCUT2D eigenvalue weighted by Gasteiger charge is 2.19. The molecule has 0 fully saturated rings. The number of aromatic carboxylic acids is 1. The van der Waals surface area contributed by atoms with E-state index in [9.17, 15) is 18.3 Å². The van der Waals surface area contributed by atoms with Gasteiger partial charge in [-0.25, -0.2) is 13.2 Å². The average Bonchev–Trinajstić information content (AvgIpc) is 2.85. The third-order valence-corrected chi connectivity index (χ3v) is 6.27. The van der Waals surface area contributed by atoms with Crippen LogP contribution in [0, 0.1) is 0 Å². The molecule has 9 heteroatoms. The van der Waals surface area contributed by atoms with Crippen molar-refractivity contribution in [1.29, 1.82) is 0 Å². The molecule has 0 unspecified atom stereocenters. The summed E-state index contributed by atoms with van der Waals surface area (Å²) >= 11 is 4.28. The summed E-state index contributed by atoms with van der Waals surface area (Å²) in [5, 5.41) is 9.25. The molecule has 0 spiro atoms. The zero-order valence-corrected chi connectivity index (χ0v) is 14.9. The Bertz CT molecular complexity index is 815. The van der Waals surface area contributed by atoms with Gasteiger partial charge in [-0.3, -0.25) is 4.72 Å². The van der Waals surface area contributed by atoms with E-state index < -0.39 is 16.0 Å². The number of hydrogen-bond donors (Lipinski definition) is 2. The van der Waals surface area contributed by atoms with E-state index in [1.807, 2.05) is 0 Å². The van der Waals surface area contributed by atoms with Crippen molar-refractivity contribution in [3.05, 3.63) is 39.7 Å². The minimum Gasteiger partial charge on any atom is -0.478 e. The van der Waals surface area contributed by atoms with Crippen molar-refractivity contribution in [2.45, 2.75) is 4.21 Å². The standard InChI is InChI=1S/C13H13BrN2O4S2/c1-16(2)10-4-3-8(7-9(10)13(17)18)15-22(19,20)12-6-5-11(14)21-12/h3-7,15H,1-2H3,(H,17,18). The Balaban J connectivity index is 2.38. The summed E-state index contributed by atoms with van der Waals surface area (Å²) in [7, 11) is -0.302. The van der Waals surface area contributed by atoms with Crippen LogP contribution in [0.15, 0.2) is 38.3 Å². The fourth-order valence-corrected chi connectivity index (χ4v) is 4.87. The summed E-state index contributed by atoms with van der Waals surface area (Å²) in [6.45, 7) is 0. The molecule has 1 heterocycles. The molecule has 0 aliphatic rings. The summed E-state index contributed by atoms with van der Waals surface area (Å²) in [5.74, 6) is -1.12. The van der Waals surface area contributed by atoms with Crippen LogP contribution in [0.2, 0.25) is 0 Å². The maximum absolute atomic E-state index is 12.2. The first kappa shape index (κ1) is 16.8. The third kappa shape index (κ3) is 3.60. The lowest BCUT2D eigenvalue weighted by atomic mass is 10.1. The lowest BCUT2D eigenvalue weighted by Crippen LogP contribution is -2.16. The molecular weight excluding hydrogens is 392 g/mol. The highest BCUT2D eigenvalue weighted by molar-refractivity contribution is 9.11. The Hall–Kier alpha value is -1.58. The molecule has 22 heavy (non-hydrogen) atoms. The molecule has 2 rings (SSSR count). The molecule has 0 atom stereocenters. The van der Waals surface area contributed by atoms with Crippen LogP contribution in [0.25, 0.3) is 0 Å². The summed E-state index contributed by atoms with van der Waals surface area (Å²) < 4.78 is 27.7. The highest BCUT2D eigenvalue weighted by atomic mass is 79.9. The van der Waals surface area contributed by atoms with E-state index in [0.717, 1.165) is 11.3 Å². The van der Waals surface area contributed by atoms with Crippen LogP contribution in [0.3, 0.4) is 0 Å². The molecule has 0 aliphatic carbocycles. The van der Waals surface area contributed by atoms with E-state index in [1.54, 1.807) is 31.1 Å². The number of carboxylic acids is 1. The molecule has 2 aromatic rings. The van der Waals surface area contributed by atoms with Crippen LogP contribution in [-0.4, -0.2) is 33.6 Å². The van der Waals surface area contributed by atoms with Crippen LogP contribution in [0.4, 0.5) is 11.4 Å². The molecule has 0 amide bonds. The number of anilines is 2. The van der Waals surface area contributed by atoms with Gasteiger partial charge in [0, 0.05) is 19.8 Å². The van der Waals surface area contributed by atoms with Crippen molar-refractivity contribution in [2.24, 2.45) is 0 Å². The van der Waals surface area contributed by atoms with E-state index in [1.165, 1.54) is 18.2 Å². The fraction of sp³-hybridized carbons (Fsp3) is 0.154. The van der Waals surface area contributed by atoms with Gasteiger partial charge >= 0.3 is 5.97 Å². The molecule has 1 aromatic carbocycles. The highest BCUT2D eigenvalue weighted by Crippen LogP contribution is 2.29. The Morgan fingerprint density at radius 3 is 2.45 bits per heavy atom. The van der Waals surface area contributed by atoms with Gasteiger partial charge in [0.05, 0.1) is 15.0 Å². The summed E-state index contributed by atoms with van der Waals surface area (Å²) in [5.41, 5.74) is 0.722. The van der Waals surface area contributed by atoms with Crippen LogP contribution in [0.1, 0.15) is 10.4 Å². The first-order valence-electron chi connectivity index (χ1n) is 6.03. The van der Waals surface area contributed by atoms with E-state index >= 15 is 0 Å². The van der Waals surface area contributed by atoms with Crippen molar-refractivity contribution in [3.8, 4) is 0 Å². The SMILES string of the molecule is CN(C)c1ccc(NS(=O)(=O)c2ccc(Br)s2)cc1C(=O)O. The summed E-state index contributed by atoms with van der Waals surface area (Å²) in [6.07, 6.45) is 0. The molecule has 0 saturated heterocycles. The van der Waals surface area contributed by atoms with Crippen LogP contribution in [0.5, 0.6) is 0 Å². The second-order valence-corrected chi connectivity index (χ2v) is 8.97. The molecule has 1 aromatic heterocycles. The number of sulfonamides is 1. The predicted molar refractivity (Wildman–Crippen MR) is 90.6 cm³/mol. The minimum absolute atomic E-state index is 0.0255. The molecule has 0 bridgehead atoms. The van der Waals surface area contributed by atoms with Crippen molar-refractivity contribution in [2.75, 3.05) is 23.7 Å². The Morgan fingerprint density at radius 1 is 1.27 bits per heavy atom. The van der Waals surface area contributed by atoms with Crippen molar-refractivity contribution in [3.63, 3.8) is 0 Å². The number of rotatable bonds is 5. The normalized spacial score (nSPS) is 11.2. The number of thiophene rings is 1. The van der Waals surface area contributed by atoms with Gasteiger partial charge in [-0.2, -0.15) is 0 Å². The summed E-state index contributed by atoms with van der Waals surface area (Å²) in [6, 6.07) is 7.51. The van der Waals surface area contributed by atoms with Gasteiger partial charge < -0.3 is 10.0 Å². The molecular formula is C13H13BrN2O4S2. The van der Waals surface area contributed by atoms with E-state index in [0.29, 0.717) is 9.47 Å². The third-order valence-electron chi connectivity index (χ3n) is 2.77. The minimum atomic E-state index is -3.74. The van der Waals surface area contributed by atoms with Crippen molar-refractivity contribution in [1.82, 2.24) is 0 Å². The number of halogens is 1. The molecule has 6 nitrogen and oxygen atoms in total. The predicted octanol–water partition coefficient (Wildman–Crippen LogP) is 3.08. The number of carbonyl (C=O) groups is 1. The topological polar surface area (TPSA) is 86.7 Å². The van der Waals surface area contributed by atoms with Gasteiger partial charge in [-0.05, 0) is 46.3 Å². The quantitative estimate of drug-likeness (QED) is 0.799.